The number of amides is 2. The van der Waals surface area contributed by atoms with Crippen molar-refractivity contribution in [3.8, 4) is 5.75 Å². The Morgan fingerprint density at radius 3 is 2.26 bits per heavy atom. The number of nitrogens with zero attached hydrogens (tertiary/aromatic N) is 1. The standard InChI is InChI=1S/C15H18N2O8S2/c1-15(2)17(14(19)16-20)13(8-10(18)9-26(15,21)22)27(23,24)12-6-4-11(25-3)5-7-12/h4-9,18,20H,1-3H3,(H,16,19). The molecule has 148 valence electrons. The number of sulfone groups is 2. The van der Waals surface area contributed by atoms with Crippen LogP contribution in [0.1, 0.15) is 13.8 Å². The van der Waals surface area contributed by atoms with Crippen molar-refractivity contribution in [1.29, 1.82) is 0 Å². The first-order valence-corrected chi connectivity index (χ1v) is 10.4. The maximum absolute atomic E-state index is 13.1. The quantitative estimate of drug-likeness (QED) is 0.490. The Kier molecular flexibility index (Phi) is 5.27. The smallest absolute Gasteiger partial charge is 0.347 e. The van der Waals surface area contributed by atoms with Gasteiger partial charge in [-0.25, -0.2) is 27.1 Å². The zero-order valence-corrected chi connectivity index (χ0v) is 16.2. The zero-order valence-electron chi connectivity index (χ0n) is 14.6. The maximum Gasteiger partial charge on any atom is 0.347 e. The van der Waals surface area contributed by atoms with Crippen molar-refractivity contribution in [3.63, 3.8) is 0 Å². The minimum Gasteiger partial charge on any atom is -0.507 e. The van der Waals surface area contributed by atoms with Gasteiger partial charge in [-0.1, -0.05) is 0 Å². The van der Waals surface area contributed by atoms with Crippen LogP contribution in [-0.4, -0.2) is 50.1 Å². The Balaban J connectivity index is 2.77. The number of hydroxylamine groups is 1. The number of carbonyl (C=O) groups excluding carboxylic acids is 1. The molecule has 2 rings (SSSR count). The van der Waals surface area contributed by atoms with Gasteiger partial charge < -0.3 is 9.84 Å². The Labute approximate surface area is 156 Å². The molecule has 0 aliphatic carbocycles. The zero-order chi connectivity index (χ0) is 20.6. The first-order valence-electron chi connectivity index (χ1n) is 7.39. The lowest BCUT2D eigenvalue weighted by Gasteiger charge is -2.36. The second-order valence-corrected chi connectivity index (χ2v) is 10.2. The van der Waals surface area contributed by atoms with Gasteiger partial charge in [-0.3, -0.25) is 10.1 Å². The average molecular weight is 418 g/mol. The summed E-state index contributed by atoms with van der Waals surface area (Å²) in [7, 11) is -7.42. The van der Waals surface area contributed by atoms with Gasteiger partial charge in [0.15, 0.2) is 14.7 Å². The fraction of sp³-hybridized carbons (Fsp3) is 0.267. The molecular formula is C15H18N2O8S2. The van der Waals surface area contributed by atoms with Crippen LogP contribution in [0.25, 0.3) is 0 Å². The summed E-state index contributed by atoms with van der Waals surface area (Å²) in [5.41, 5.74) is 1.23. The molecule has 1 aromatic rings. The summed E-state index contributed by atoms with van der Waals surface area (Å²) in [6, 6.07) is 3.69. The summed E-state index contributed by atoms with van der Waals surface area (Å²) >= 11 is 0. The highest BCUT2D eigenvalue weighted by atomic mass is 32.2. The minimum atomic E-state index is -4.47. The van der Waals surface area contributed by atoms with Gasteiger partial charge >= 0.3 is 6.03 Å². The van der Waals surface area contributed by atoms with Crippen molar-refractivity contribution in [1.82, 2.24) is 10.4 Å². The van der Waals surface area contributed by atoms with E-state index in [1.54, 1.807) is 0 Å². The van der Waals surface area contributed by atoms with E-state index in [4.69, 9.17) is 9.94 Å². The molecule has 0 aromatic heterocycles. The number of ether oxygens (including phenoxy) is 1. The number of nitrogens with one attached hydrogen (secondary N) is 1. The van der Waals surface area contributed by atoms with Crippen molar-refractivity contribution < 1.29 is 36.7 Å². The molecule has 0 radical (unpaired) electrons. The van der Waals surface area contributed by atoms with E-state index >= 15 is 0 Å². The number of carbonyl (C=O) groups is 1. The molecule has 10 nitrogen and oxygen atoms in total. The van der Waals surface area contributed by atoms with Crippen molar-refractivity contribution in [2.45, 2.75) is 23.6 Å². The van der Waals surface area contributed by atoms with Gasteiger partial charge in [0.25, 0.3) is 0 Å². The second-order valence-electron chi connectivity index (χ2n) is 5.95. The van der Waals surface area contributed by atoms with Crippen LogP contribution in [0.3, 0.4) is 0 Å². The van der Waals surface area contributed by atoms with Gasteiger partial charge in [0, 0.05) is 6.08 Å². The van der Waals surface area contributed by atoms with E-state index in [0.717, 1.165) is 13.8 Å². The number of rotatable bonds is 3. The van der Waals surface area contributed by atoms with Gasteiger partial charge in [-0.05, 0) is 38.1 Å². The second kappa shape index (κ2) is 6.87. The van der Waals surface area contributed by atoms with Crippen LogP contribution < -0.4 is 10.2 Å². The number of allylic oxidation sites excluding steroid dienone is 1. The molecule has 0 atom stereocenters. The predicted molar refractivity (Wildman–Crippen MR) is 94.1 cm³/mol. The van der Waals surface area contributed by atoms with E-state index in [-0.39, 0.29) is 4.90 Å². The molecule has 12 heteroatoms. The van der Waals surface area contributed by atoms with E-state index in [0.29, 0.717) is 22.1 Å². The van der Waals surface area contributed by atoms with Crippen LogP contribution in [0.2, 0.25) is 0 Å². The molecule has 0 fully saturated rings. The molecule has 0 unspecified atom stereocenters. The molecule has 1 aliphatic heterocycles. The Hall–Kier alpha value is -2.57. The highest BCUT2D eigenvalue weighted by Gasteiger charge is 2.48. The molecule has 0 saturated heterocycles. The summed E-state index contributed by atoms with van der Waals surface area (Å²) < 4.78 is 56.0. The highest BCUT2D eigenvalue weighted by Crippen LogP contribution is 2.36. The third kappa shape index (κ3) is 3.50. The summed E-state index contributed by atoms with van der Waals surface area (Å²) in [6.45, 7) is 2.12. The Morgan fingerprint density at radius 1 is 1.22 bits per heavy atom. The molecule has 1 aromatic carbocycles. The topological polar surface area (TPSA) is 150 Å². The first-order chi connectivity index (χ1) is 12.4. The van der Waals surface area contributed by atoms with Crippen LogP contribution in [0.15, 0.2) is 51.4 Å². The summed E-state index contributed by atoms with van der Waals surface area (Å²) in [4.78, 5) is 10.1. The van der Waals surface area contributed by atoms with Crippen molar-refractivity contribution in [2.75, 3.05) is 7.11 Å². The number of hydrogen-bond acceptors (Lipinski definition) is 8. The summed E-state index contributed by atoms with van der Waals surface area (Å²) in [5, 5.41) is 18.5. The fourth-order valence-electron chi connectivity index (χ4n) is 2.39. The van der Waals surface area contributed by atoms with E-state index < -0.39 is 41.4 Å². The number of aliphatic hydroxyl groups excluding tert-OH is 1. The molecular weight excluding hydrogens is 400 g/mol. The third-order valence-corrected chi connectivity index (χ3v) is 7.82. The lowest BCUT2D eigenvalue weighted by Crippen LogP contribution is -2.55. The van der Waals surface area contributed by atoms with Gasteiger partial charge in [-0.15, -0.1) is 0 Å². The predicted octanol–water partition coefficient (Wildman–Crippen LogP) is 1.27. The van der Waals surface area contributed by atoms with Crippen molar-refractivity contribution >= 4 is 25.7 Å². The van der Waals surface area contributed by atoms with E-state index in [9.17, 15) is 26.7 Å². The van der Waals surface area contributed by atoms with E-state index in [1.807, 2.05) is 0 Å². The molecule has 1 heterocycles. The molecule has 0 bridgehead atoms. The van der Waals surface area contributed by atoms with Gasteiger partial charge in [-0.2, -0.15) is 0 Å². The number of methoxy groups -OCH3 is 1. The lowest BCUT2D eigenvalue weighted by atomic mass is 10.3. The van der Waals surface area contributed by atoms with Gasteiger partial charge in [0.05, 0.1) is 17.4 Å². The van der Waals surface area contributed by atoms with Crippen molar-refractivity contribution in [3.05, 3.63) is 46.5 Å². The van der Waals surface area contributed by atoms with Crippen LogP contribution in [0.4, 0.5) is 4.79 Å². The van der Waals surface area contributed by atoms with Crippen LogP contribution in [-0.2, 0) is 19.7 Å². The highest BCUT2D eigenvalue weighted by molar-refractivity contribution is 7.96. The number of hydrogen-bond donors (Lipinski definition) is 3. The first kappa shape index (κ1) is 20.7. The normalized spacial score (nSPS) is 18.7. The van der Waals surface area contributed by atoms with Crippen LogP contribution >= 0.6 is 0 Å². The monoisotopic (exact) mass is 418 g/mol. The molecule has 0 spiro atoms. The average Bonchev–Trinajstić information content (AvgIpc) is 2.66. The molecule has 3 N–H and O–H groups in total. The number of aliphatic hydroxyl groups is 1. The molecule has 1 aliphatic rings. The summed E-state index contributed by atoms with van der Waals surface area (Å²) in [5.74, 6) is -0.511. The molecule has 27 heavy (non-hydrogen) atoms. The Morgan fingerprint density at radius 2 is 1.78 bits per heavy atom. The van der Waals surface area contributed by atoms with Crippen molar-refractivity contribution in [2.24, 2.45) is 0 Å². The lowest BCUT2D eigenvalue weighted by molar-refractivity contribution is 0.127. The SMILES string of the molecule is COc1ccc(S(=O)(=O)C2=CC(O)=CS(=O)(=O)C(C)(C)N2C(=O)NO)cc1. The number of urea groups is 1. The third-order valence-electron chi connectivity index (χ3n) is 3.95. The fourth-order valence-corrected chi connectivity index (χ4v) is 5.12. The van der Waals surface area contributed by atoms with Gasteiger partial charge in [0.2, 0.25) is 9.84 Å². The summed E-state index contributed by atoms with van der Waals surface area (Å²) in [6.07, 6.45) is 0.626. The van der Waals surface area contributed by atoms with E-state index in [1.165, 1.54) is 36.9 Å². The largest absolute Gasteiger partial charge is 0.507 e. The minimum absolute atomic E-state index is 0.284. The van der Waals surface area contributed by atoms with Crippen LogP contribution in [0.5, 0.6) is 5.75 Å². The molecule has 2 amide bonds. The van der Waals surface area contributed by atoms with Crippen LogP contribution in [0, 0.1) is 0 Å². The Bertz CT molecular complexity index is 1020. The van der Waals surface area contributed by atoms with E-state index in [2.05, 4.69) is 0 Å². The van der Waals surface area contributed by atoms with Gasteiger partial charge in [0.1, 0.15) is 16.5 Å². The molecule has 0 saturated carbocycles. The maximum atomic E-state index is 13.1. The number of benzene rings is 1.